The fourth-order valence-electron chi connectivity index (χ4n) is 3.88. The predicted molar refractivity (Wildman–Crippen MR) is 89.9 cm³/mol. The highest BCUT2D eigenvalue weighted by molar-refractivity contribution is 5.92. The third-order valence-electron chi connectivity index (χ3n) is 5.11. The van der Waals surface area contributed by atoms with E-state index in [0.717, 1.165) is 24.0 Å². The van der Waals surface area contributed by atoms with Crippen LogP contribution in [0.1, 0.15) is 62.6 Å². The highest BCUT2D eigenvalue weighted by Crippen LogP contribution is 2.31. The first-order valence-corrected chi connectivity index (χ1v) is 8.88. The quantitative estimate of drug-likeness (QED) is 0.872. The number of nitrogens with zero attached hydrogens (tertiary/aromatic N) is 1. The molecule has 4 heteroatoms. The number of rotatable bonds is 3. The van der Waals surface area contributed by atoms with Crippen LogP contribution in [0.15, 0.2) is 24.3 Å². The number of carbonyl (C=O) groups excluding carboxylic acids is 2. The lowest BCUT2D eigenvalue weighted by Gasteiger charge is -2.36. The molecular weight excluding hydrogens is 288 g/mol. The first-order valence-electron chi connectivity index (χ1n) is 8.88. The minimum Gasteiger partial charge on any atom is -0.351 e. The highest BCUT2D eigenvalue weighted by Gasteiger charge is 2.36. The number of fused-ring (bicyclic) bond motifs is 1. The van der Waals surface area contributed by atoms with Crippen LogP contribution in [0, 0.1) is 0 Å². The molecule has 1 N–H and O–H groups in total. The Morgan fingerprint density at radius 3 is 2.57 bits per heavy atom. The highest BCUT2D eigenvalue weighted by atomic mass is 16.2. The van der Waals surface area contributed by atoms with Gasteiger partial charge in [-0.05, 0) is 30.9 Å². The van der Waals surface area contributed by atoms with Gasteiger partial charge in [0, 0.05) is 12.6 Å². The van der Waals surface area contributed by atoms with Gasteiger partial charge >= 0.3 is 0 Å². The van der Waals surface area contributed by atoms with Gasteiger partial charge in [0.1, 0.15) is 6.04 Å². The molecule has 0 bridgehead atoms. The van der Waals surface area contributed by atoms with E-state index in [1.165, 1.54) is 25.7 Å². The smallest absolute Gasteiger partial charge is 0.247 e. The molecule has 2 aliphatic rings. The maximum atomic E-state index is 13.0. The molecule has 0 saturated heterocycles. The molecule has 1 fully saturated rings. The van der Waals surface area contributed by atoms with Crippen LogP contribution in [0.4, 0.5) is 0 Å². The van der Waals surface area contributed by atoms with Gasteiger partial charge in [-0.3, -0.25) is 9.59 Å². The van der Waals surface area contributed by atoms with Crippen molar-refractivity contribution in [3.63, 3.8) is 0 Å². The maximum Gasteiger partial charge on any atom is 0.247 e. The minimum absolute atomic E-state index is 0.0146. The number of amides is 2. The van der Waals surface area contributed by atoms with Gasteiger partial charge < -0.3 is 10.2 Å². The Morgan fingerprint density at radius 1 is 1.17 bits per heavy atom. The van der Waals surface area contributed by atoms with Gasteiger partial charge in [-0.25, -0.2) is 0 Å². The lowest BCUT2D eigenvalue weighted by atomic mass is 9.91. The fraction of sp³-hybridized carbons (Fsp3) is 0.579. The van der Waals surface area contributed by atoms with Crippen molar-refractivity contribution in [2.24, 2.45) is 0 Å². The van der Waals surface area contributed by atoms with Crippen molar-refractivity contribution in [2.45, 2.75) is 64.0 Å². The largest absolute Gasteiger partial charge is 0.351 e. The predicted octanol–water partition coefficient (Wildman–Crippen LogP) is 2.97. The molecule has 23 heavy (non-hydrogen) atoms. The number of hydrogen-bond acceptors (Lipinski definition) is 2. The molecule has 1 aromatic carbocycles. The monoisotopic (exact) mass is 314 g/mol. The Kier molecular flexibility index (Phi) is 4.99. The molecule has 124 valence electrons. The van der Waals surface area contributed by atoms with Gasteiger partial charge in [-0.1, -0.05) is 49.9 Å². The molecule has 1 aliphatic heterocycles. The zero-order chi connectivity index (χ0) is 16.2. The van der Waals surface area contributed by atoms with Gasteiger partial charge in [-0.2, -0.15) is 0 Å². The number of nitrogens with one attached hydrogen (secondary N) is 1. The van der Waals surface area contributed by atoms with Gasteiger partial charge in [-0.15, -0.1) is 0 Å². The first-order chi connectivity index (χ1) is 11.2. The summed E-state index contributed by atoms with van der Waals surface area (Å²) >= 11 is 0. The normalized spacial score (nSPS) is 22.4. The molecule has 0 aromatic heterocycles. The average Bonchev–Trinajstić information content (AvgIpc) is 2.82. The lowest BCUT2D eigenvalue weighted by molar-refractivity contribution is -0.141. The van der Waals surface area contributed by atoms with Gasteiger partial charge in [0.05, 0.1) is 6.42 Å². The molecule has 4 nitrogen and oxygen atoms in total. The molecule has 3 rings (SSSR count). The van der Waals surface area contributed by atoms with E-state index in [-0.39, 0.29) is 17.9 Å². The van der Waals surface area contributed by atoms with Crippen LogP contribution in [-0.4, -0.2) is 29.3 Å². The van der Waals surface area contributed by atoms with E-state index in [4.69, 9.17) is 0 Å². The molecule has 0 radical (unpaired) electrons. The Morgan fingerprint density at radius 2 is 1.87 bits per heavy atom. The van der Waals surface area contributed by atoms with E-state index in [9.17, 15) is 9.59 Å². The number of carbonyl (C=O) groups is 2. The van der Waals surface area contributed by atoms with Crippen molar-refractivity contribution < 1.29 is 9.59 Å². The second-order valence-electron chi connectivity index (χ2n) is 6.65. The summed E-state index contributed by atoms with van der Waals surface area (Å²) in [6, 6.07) is 7.63. The Bertz CT molecular complexity index is 576. The van der Waals surface area contributed by atoms with E-state index in [0.29, 0.717) is 13.0 Å². The van der Waals surface area contributed by atoms with Gasteiger partial charge in [0.2, 0.25) is 11.8 Å². The molecule has 0 unspecified atom stereocenters. The lowest BCUT2D eigenvalue weighted by Crippen LogP contribution is -2.49. The topological polar surface area (TPSA) is 49.4 Å². The number of hydrogen-bond donors (Lipinski definition) is 1. The summed E-state index contributed by atoms with van der Waals surface area (Å²) in [5.41, 5.74) is 1.98. The minimum atomic E-state index is -0.472. The summed E-state index contributed by atoms with van der Waals surface area (Å²) in [5, 5.41) is 3.22. The Labute approximate surface area is 138 Å². The molecule has 1 aliphatic carbocycles. The average molecular weight is 314 g/mol. The molecule has 1 aromatic rings. The SMILES string of the molecule is CCN1C(=O)Cc2ccccc2[C@H]1C(=O)NC1CCCCCC1. The fourth-order valence-corrected chi connectivity index (χ4v) is 3.88. The van der Waals surface area contributed by atoms with Crippen LogP contribution in [0.25, 0.3) is 0 Å². The maximum absolute atomic E-state index is 13.0. The van der Waals surface area contributed by atoms with Crippen molar-refractivity contribution in [1.82, 2.24) is 10.2 Å². The van der Waals surface area contributed by atoms with Crippen LogP contribution in [0.5, 0.6) is 0 Å². The van der Waals surface area contributed by atoms with E-state index >= 15 is 0 Å². The van der Waals surface area contributed by atoms with Crippen molar-refractivity contribution in [1.29, 1.82) is 0 Å². The van der Waals surface area contributed by atoms with Crippen LogP contribution < -0.4 is 5.32 Å². The Balaban J connectivity index is 1.82. The van der Waals surface area contributed by atoms with Crippen molar-refractivity contribution in [3.05, 3.63) is 35.4 Å². The molecule has 2 amide bonds. The summed E-state index contributed by atoms with van der Waals surface area (Å²) in [7, 11) is 0. The van der Waals surface area contributed by atoms with Crippen LogP contribution in [-0.2, 0) is 16.0 Å². The van der Waals surface area contributed by atoms with E-state index < -0.39 is 6.04 Å². The van der Waals surface area contributed by atoms with Crippen LogP contribution in [0.3, 0.4) is 0 Å². The van der Waals surface area contributed by atoms with Crippen molar-refractivity contribution in [3.8, 4) is 0 Å². The summed E-state index contributed by atoms with van der Waals surface area (Å²) < 4.78 is 0. The zero-order valence-electron chi connectivity index (χ0n) is 13.9. The van der Waals surface area contributed by atoms with Crippen molar-refractivity contribution in [2.75, 3.05) is 6.54 Å². The second kappa shape index (κ2) is 7.16. The van der Waals surface area contributed by atoms with Crippen molar-refractivity contribution >= 4 is 11.8 Å². The number of likely N-dealkylation sites (N-methyl/N-ethyl adjacent to an activating group) is 1. The molecular formula is C19H26N2O2. The van der Waals surface area contributed by atoms with Crippen LogP contribution in [0.2, 0.25) is 0 Å². The van der Waals surface area contributed by atoms with E-state index in [1.807, 2.05) is 31.2 Å². The third-order valence-corrected chi connectivity index (χ3v) is 5.11. The van der Waals surface area contributed by atoms with Gasteiger partial charge in [0.25, 0.3) is 0 Å². The van der Waals surface area contributed by atoms with E-state index in [2.05, 4.69) is 5.32 Å². The summed E-state index contributed by atoms with van der Waals surface area (Å²) in [6.07, 6.45) is 7.40. The number of benzene rings is 1. The molecule has 0 spiro atoms. The summed E-state index contributed by atoms with van der Waals surface area (Å²) in [4.78, 5) is 27.1. The molecule has 1 saturated carbocycles. The standard InChI is InChI=1S/C19H26N2O2/c1-2-21-17(22)13-14-9-7-8-12-16(14)18(21)19(23)20-15-10-5-3-4-6-11-15/h7-9,12,15,18H,2-6,10-11,13H2,1H3,(H,20,23)/t18-/m0/s1. The summed E-state index contributed by atoms with van der Waals surface area (Å²) in [6.45, 7) is 2.51. The molecule has 1 heterocycles. The van der Waals surface area contributed by atoms with E-state index in [1.54, 1.807) is 4.90 Å². The first kappa shape index (κ1) is 16.0. The Hall–Kier alpha value is -1.84. The molecule has 1 atom stereocenters. The van der Waals surface area contributed by atoms with Gasteiger partial charge in [0.15, 0.2) is 0 Å². The summed E-state index contributed by atoms with van der Waals surface area (Å²) in [5.74, 6) is 0.0338. The van der Waals surface area contributed by atoms with Crippen LogP contribution >= 0.6 is 0 Å². The third kappa shape index (κ3) is 3.41. The second-order valence-corrected chi connectivity index (χ2v) is 6.65. The zero-order valence-corrected chi connectivity index (χ0v) is 13.9.